The highest BCUT2D eigenvalue weighted by molar-refractivity contribution is 7.78. The minimum atomic E-state index is -0.196. The summed E-state index contributed by atoms with van der Waals surface area (Å²) in [5.41, 5.74) is 1.93. The molecule has 0 radical (unpaired) electrons. The molecular weight excluding hydrogens is 384 g/mol. The van der Waals surface area contributed by atoms with Crippen LogP contribution in [-0.2, 0) is 0 Å². The Morgan fingerprint density at radius 3 is 2.97 bits per heavy atom. The summed E-state index contributed by atoms with van der Waals surface area (Å²) in [4.78, 5) is 22.1. The number of amides is 1. The summed E-state index contributed by atoms with van der Waals surface area (Å²) in [6.45, 7) is 0. The molecule has 1 saturated carbocycles. The highest BCUT2D eigenvalue weighted by Crippen LogP contribution is 2.29. The second-order valence-electron chi connectivity index (χ2n) is 7.23. The fourth-order valence-corrected chi connectivity index (χ4v) is 4.24. The van der Waals surface area contributed by atoms with Crippen LogP contribution in [0.2, 0.25) is 0 Å². The van der Waals surface area contributed by atoms with Gasteiger partial charge in [-0.05, 0) is 48.3 Å². The lowest BCUT2D eigenvalue weighted by Crippen LogP contribution is -2.39. The quantitative estimate of drug-likeness (QED) is 0.403. The molecule has 144 valence electrons. The monoisotopic (exact) mass is 402 g/mol. The first-order chi connectivity index (χ1) is 14.2. The molecule has 1 amide bonds. The number of imidazole rings is 1. The van der Waals surface area contributed by atoms with Gasteiger partial charge in [0.25, 0.3) is 5.91 Å². The van der Waals surface area contributed by atoms with Crippen LogP contribution in [-0.4, -0.2) is 32.5 Å². The molecule has 0 aliphatic heterocycles. The van der Waals surface area contributed by atoms with Gasteiger partial charge in [0, 0.05) is 11.8 Å². The molecule has 1 aliphatic rings. The lowest BCUT2D eigenvalue weighted by atomic mass is 10.0. The molecule has 0 unspecified atom stereocenters. The number of hydrogen-bond acceptors (Lipinski definition) is 5. The SMILES string of the molecule is O=C(N[C@H]1CCC[C@@H]1N=C=S)c1c(-c2ccc3ccccc3c2)nc2occn12. The van der Waals surface area contributed by atoms with E-state index in [1.54, 1.807) is 10.6 Å². The molecule has 29 heavy (non-hydrogen) atoms. The number of hydrogen-bond donors (Lipinski definition) is 1. The van der Waals surface area contributed by atoms with Crippen LogP contribution in [0.1, 0.15) is 29.8 Å². The Kier molecular flexibility index (Phi) is 4.46. The van der Waals surface area contributed by atoms with E-state index in [2.05, 4.69) is 26.5 Å². The summed E-state index contributed by atoms with van der Waals surface area (Å²) in [7, 11) is 0. The Balaban J connectivity index is 1.57. The van der Waals surface area contributed by atoms with Crippen molar-refractivity contribution in [1.82, 2.24) is 14.7 Å². The van der Waals surface area contributed by atoms with Gasteiger partial charge in [-0.15, -0.1) is 0 Å². The predicted molar refractivity (Wildman–Crippen MR) is 114 cm³/mol. The van der Waals surface area contributed by atoms with Gasteiger partial charge in [0.2, 0.25) is 0 Å². The summed E-state index contributed by atoms with van der Waals surface area (Å²) in [5.74, 6) is 0.191. The van der Waals surface area contributed by atoms with Crippen molar-refractivity contribution in [3.05, 3.63) is 60.6 Å². The summed E-state index contributed by atoms with van der Waals surface area (Å²) >= 11 is 4.75. The number of oxazole rings is 1. The van der Waals surface area contributed by atoms with Crippen molar-refractivity contribution in [3.8, 4) is 11.3 Å². The number of carbonyl (C=O) groups is 1. The molecule has 2 heterocycles. The molecule has 0 bridgehead atoms. The Bertz CT molecular complexity index is 1270. The van der Waals surface area contributed by atoms with Crippen molar-refractivity contribution in [2.75, 3.05) is 0 Å². The topological polar surface area (TPSA) is 71.9 Å². The number of isothiocyanates is 1. The molecule has 1 fully saturated rings. The van der Waals surface area contributed by atoms with Crippen molar-refractivity contribution in [2.45, 2.75) is 31.3 Å². The zero-order valence-electron chi connectivity index (χ0n) is 15.5. The first-order valence-corrected chi connectivity index (χ1v) is 9.98. The second kappa shape index (κ2) is 7.28. The molecule has 4 aromatic rings. The number of rotatable bonds is 4. The fourth-order valence-electron chi connectivity index (χ4n) is 4.11. The van der Waals surface area contributed by atoms with Crippen molar-refractivity contribution >= 4 is 39.9 Å². The van der Waals surface area contributed by atoms with Gasteiger partial charge in [0.05, 0.1) is 17.2 Å². The molecule has 2 aromatic heterocycles. The molecule has 2 atom stereocenters. The lowest BCUT2D eigenvalue weighted by Gasteiger charge is -2.17. The van der Waals surface area contributed by atoms with E-state index in [0.717, 1.165) is 35.6 Å². The number of aromatic nitrogens is 2. The average molecular weight is 402 g/mol. The summed E-state index contributed by atoms with van der Waals surface area (Å²) < 4.78 is 7.14. The van der Waals surface area contributed by atoms with Gasteiger partial charge in [-0.2, -0.15) is 4.98 Å². The number of nitrogens with zero attached hydrogens (tertiary/aromatic N) is 3. The zero-order chi connectivity index (χ0) is 19.8. The number of nitrogens with one attached hydrogen (secondary N) is 1. The highest BCUT2D eigenvalue weighted by atomic mass is 32.1. The number of carbonyl (C=O) groups excluding carboxylic acids is 1. The van der Waals surface area contributed by atoms with E-state index in [4.69, 9.17) is 16.6 Å². The first-order valence-electron chi connectivity index (χ1n) is 9.57. The van der Waals surface area contributed by atoms with Gasteiger partial charge in [-0.25, -0.2) is 4.99 Å². The maximum absolute atomic E-state index is 13.3. The summed E-state index contributed by atoms with van der Waals surface area (Å²) in [6.07, 6.45) is 6.01. The number of fused-ring (bicyclic) bond motifs is 2. The Hall–Kier alpha value is -3.28. The zero-order valence-corrected chi connectivity index (χ0v) is 16.4. The second-order valence-corrected chi connectivity index (χ2v) is 7.41. The van der Waals surface area contributed by atoms with Crippen LogP contribution in [0, 0.1) is 0 Å². The van der Waals surface area contributed by atoms with E-state index < -0.39 is 0 Å². The van der Waals surface area contributed by atoms with Crippen molar-refractivity contribution < 1.29 is 9.21 Å². The molecule has 5 rings (SSSR count). The van der Waals surface area contributed by atoms with Crippen LogP contribution in [0.15, 0.2) is 64.3 Å². The highest BCUT2D eigenvalue weighted by Gasteiger charge is 2.31. The molecular formula is C22H18N4O2S. The van der Waals surface area contributed by atoms with E-state index in [0.29, 0.717) is 17.2 Å². The van der Waals surface area contributed by atoms with Crippen LogP contribution in [0.4, 0.5) is 0 Å². The van der Waals surface area contributed by atoms with Crippen molar-refractivity contribution in [2.24, 2.45) is 4.99 Å². The number of aliphatic imine (C=N–C) groups is 1. The van der Waals surface area contributed by atoms with E-state index in [1.807, 2.05) is 36.4 Å². The molecule has 7 heteroatoms. The maximum Gasteiger partial charge on any atom is 0.306 e. The standard InChI is InChI=1S/C22H18N4O2S/c27-21(24-18-7-3-6-17(18)23-13-29)20-19(25-22-26(20)10-11-28-22)16-9-8-14-4-1-2-5-15(14)12-16/h1-2,4-5,8-12,17-18H,3,6-7H2,(H,24,27)/t17-,18-/m0/s1. The summed E-state index contributed by atoms with van der Waals surface area (Å²) in [6, 6.07) is 14.1. The van der Waals surface area contributed by atoms with Crippen LogP contribution >= 0.6 is 12.2 Å². The number of thiocarbonyl (C=S) groups is 1. The Morgan fingerprint density at radius 1 is 1.24 bits per heavy atom. The van der Waals surface area contributed by atoms with E-state index in [9.17, 15) is 4.79 Å². The average Bonchev–Trinajstić information content (AvgIpc) is 3.44. The smallest absolute Gasteiger partial charge is 0.306 e. The predicted octanol–water partition coefficient (Wildman–Crippen LogP) is 4.50. The largest absolute Gasteiger partial charge is 0.432 e. The van der Waals surface area contributed by atoms with Gasteiger partial charge in [0.1, 0.15) is 17.7 Å². The van der Waals surface area contributed by atoms with Crippen LogP contribution in [0.5, 0.6) is 0 Å². The van der Waals surface area contributed by atoms with Crippen LogP contribution in [0.25, 0.3) is 27.9 Å². The first kappa shape index (κ1) is 17.8. The fraction of sp³-hybridized carbons (Fsp3) is 0.227. The molecule has 2 aromatic carbocycles. The van der Waals surface area contributed by atoms with Gasteiger partial charge >= 0.3 is 5.84 Å². The minimum absolute atomic E-state index is 0.0201. The van der Waals surface area contributed by atoms with E-state index in [-0.39, 0.29) is 18.0 Å². The molecule has 0 spiro atoms. The van der Waals surface area contributed by atoms with Crippen molar-refractivity contribution in [1.29, 1.82) is 0 Å². The maximum atomic E-state index is 13.3. The van der Waals surface area contributed by atoms with E-state index >= 15 is 0 Å². The van der Waals surface area contributed by atoms with Gasteiger partial charge < -0.3 is 9.73 Å². The van der Waals surface area contributed by atoms with Gasteiger partial charge in [-0.3, -0.25) is 9.20 Å². The van der Waals surface area contributed by atoms with Gasteiger partial charge in [0.15, 0.2) is 0 Å². The molecule has 1 N–H and O–H groups in total. The third-order valence-electron chi connectivity index (χ3n) is 5.51. The third kappa shape index (κ3) is 3.14. The number of benzene rings is 2. The molecule has 1 aliphatic carbocycles. The van der Waals surface area contributed by atoms with Crippen molar-refractivity contribution in [3.63, 3.8) is 0 Å². The minimum Gasteiger partial charge on any atom is -0.432 e. The summed E-state index contributed by atoms with van der Waals surface area (Å²) in [5, 5.41) is 7.80. The molecule has 0 saturated heterocycles. The Labute approximate surface area is 172 Å². The van der Waals surface area contributed by atoms with Crippen LogP contribution < -0.4 is 5.32 Å². The van der Waals surface area contributed by atoms with E-state index in [1.165, 1.54) is 6.26 Å². The van der Waals surface area contributed by atoms with Crippen LogP contribution in [0.3, 0.4) is 0 Å². The third-order valence-corrected chi connectivity index (χ3v) is 5.62. The molecule has 6 nitrogen and oxygen atoms in total. The Morgan fingerprint density at radius 2 is 2.10 bits per heavy atom. The van der Waals surface area contributed by atoms with Gasteiger partial charge in [-0.1, -0.05) is 36.4 Å². The lowest BCUT2D eigenvalue weighted by molar-refractivity contribution is 0.0929. The normalized spacial score (nSPS) is 18.8.